The van der Waals surface area contributed by atoms with E-state index in [0.29, 0.717) is 16.9 Å². The Kier molecular flexibility index (Phi) is 4.88. The molecule has 1 aromatic carbocycles. The number of thiazole rings is 1. The first-order valence-electron chi connectivity index (χ1n) is 8.88. The van der Waals surface area contributed by atoms with E-state index in [9.17, 15) is 4.21 Å². The van der Waals surface area contributed by atoms with E-state index in [1.54, 1.807) is 30.0 Å². The van der Waals surface area contributed by atoms with Crippen molar-refractivity contribution >= 4 is 42.9 Å². The lowest BCUT2D eigenvalue weighted by molar-refractivity contribution is 0.198. The molecule has 4 rings (SSSR count). The summed E-state index contributed by atoms with van der Waals surface area (Å²) >= 11 is 1.68. The first-order valence-corrected chi connectivity index (χ1v) is 11.9. The van der Waals surface area contributed by atoms with Crippen LogP contribution in [0.3, 0.4) is 0 Å². The molecule has 2 unspecified atom stereocenters. The number of aromatic nitrogens is 3. The molecule has 2 aromatic heterocycles. The van der Waals surface area contributed by atoms with E-state index in [0.717, 1.165) is 31.7 Å². The van der Waals surface area contributed by atoms with E-state index < -0.39 is 9.52 Å². The van der Waals surface area contributed by atoms with Gasteiger partial charge in [-0.1, -0.05) is 6.07 Å². The molecule has 6 nitrogen and oxygen atoms in total. The fourth-order valence-electron chi connectivity index (χ4n) is 3.35. The molecule has 0 radical (unpaired) electrons. The average molecular weight is 402 g/mol. The highest BCUT2D eigenvalue weighted by Gasteiger charge is 2.23. The summed E-state index contributed by atoms with van der Waals surface area (Å²) in [7, 11) is -2.27. The van der Waals surface area contributed by atoms with Crippen molar-refractivity contribution in [3.8, 4) is 0 Å². The van der Waals surface area contributed by atoms with Gasteiger partial charge in [-0.05, 0) is 40.0 Å². The molecule has 3 heterocycles. The number of fused-ring (bicyclic) bond motifs is 1. The SMILES string of the molecule is C=S(C)(=O)c1cnc(N2CCN(C(C)c3ccc4scnc4c3)CC2)nc1. The third-order valence-corrected chi connectivity index (χ3v) is 7.11. The van der Waals surface area contributed by atoms with Gasteiger partial charge in [0.25, 0.3) is 0 Å². The van der Waals surface area contributed by atoms with E-state index in [1.165, 1.54) is 10.3 Å². The van der Waals surface area contributed by atoms with Gasteiger partial charge in [0, 0.05) is 50.9 Å². The number of piperazine rings is 1. The molecule has 8 heteroatoms. The zero-order valence-corrected chi connectivity index (χ0v) is 17.2. The van der Waals surface area contributed by atoms with Gasteiger partial charge >= 0.3 is 0 Å². The number of benzene rings is 1. The van der Waals surface area contributed by atoms with Crippen LogP contribution in [0.2, 0.25) is 0 Å². The molecule has 0 N–H and O–H groups in total. The molecule has 1 saturated heterocycles. The molecule has 0 spiro atoms. The summed E-state index contributed by atoms with van der Waals surface area (Å²) in [4.78, 5) is 18.5. The lowest BCUT2D eigenvalue weighted by atomic mass is 10.1. The van der Waals surface area contributed by atoms with Gasteiger partial charge in [-0.15, -0.1) is 11.3 Å². The standard InChI is InChI=1S/C19H23N5OS2/c1-14(15-4-5-18-17(10-15)22-13-26-18)23-6-8-24(9-7-23)19-20-11-16(12-21-19)27(2,3)25/h4-5,10-14H,2,6-9H2,1,3H3. The fraction of sp³-hybridized carbons (Fsp3) is 0.368. The molecule has 0 aliphatic carbocycles. The Bertz CT molecular complexity index is 1040. The van der Waals surface area contributed by atoms with Crippen molar-refractivity contribution in [2.45, 2.75) is 17.9 Å². The first-order chi connectivity index (χ1) is 12.9. The van der Waals surface area contributed by atoms with Gasteiger partial charge in [-0.3, -0.25) is 9.11 Å². The van der Waals surface area contributed by atoms with E-state index in [4.69, 9.17) is 0 Å². The number of anilines is 1. The smallest absolute Gasteiger partial charge is 0.225 e. The molecule has 0 bridgehead atoms. The summed E-state index contributed by atoms with van der Waals surface area (Å²) in [5, 5.41) is 0. The summed E-state index contributed by atoms with van der Waals surface area (Å²) < 4.78 is 13.2. The predicted octanol–water partition coefficient (Wildman–Crippen LogP) is 2.67. The minimum atomic E-state index is -2.27. The fourth-order valence-corrected chi connectivity index (χ4v) is 4.56. The Balaban J connectivity index is 1.42. The van der Waals surface area contributed by atoms with Crippen molar-refractivity contribution in [3.05, 3.63) is 41.7 Å². The molecule has 2 atom stereocenters. The molecular formula is C19H23N5OS2. The van der Waals surface area contributed by atoms with Crippen LogP contribution in [-0.4, -0.2) is 62.4 Å². The van der Waals surface area contributed by atoms with Crippen molar-refractivity contribution < 1.29 is 4.21 Å². The Morgan fingerprint density at radius 3 is 2.52 bits per heavy atom. The zero-order chi connectivity index (χ0) is 19.0. The Labute approximate surface area is 163 Å². The quantitative estimate of drug-likeness (QED) is 0.627. The summed E-state index contributed by atoms with van der Waals surface area (Å²) in [6.07, 6.45) is 4.87. The second-order valence-electron chi connectivity index (χ2n) is 7.00. The third-order valence-electron chi connectivity index (χ3n) is 5.09. The Morgan fingerprint density at radius 1 is 1.15 bits per heavy atom. The lowest BCUT2D eigenvalue weighted by Gasteiger charge is -2.38. The highest BCUT2D eigenvalue weighted by Crippen LogP contribution is 2.27. The van der Waals surface area contributed by atoms with Gasteiger partial charge in [0.2, 0.25) is 5.95 Å². The third kappa shape index (κ3) is 3.83. The lowest BCUT2D eigenvalue weighted by Crippen LogP contribution is -2.47. The Morgan fingerprint density at radius 2 is 1.85 bits per heavy atom. The molecule has 0 saturated carbocycles. The van der Waals surface area contributed by atoms with Crippen molar-refractivity contribution in [1.29, 1.82) is 0 Å². The molecular weight excluding hydrogens is 378 g/mol. The second kappa shape index (κ2) is 7.18. The van der Waals surface area contributed by atoms with Crippen molar-refractivity contribution in [1.82, 2.24) is 19.9 Å². The number of hydrogen-bond acceptors (Lipinski definition) is 7. The van der Waals surface area contributed by atoms with Crippen molar-refractivity contribution in [3.63, 3.8) is 0 Å². The van der Waals surface area contributed by atoms with Gasteiger partial charge in [0.15, 0.2) is 0 Å². The van der Waals surface area contributed by atoms with Gasteiger partial charge in [0.1, 0.15) is 0 Å². The van der Waals surface area contributed by atoms with Crippen LogP contribution in [0.25, 0.3) is 10.2 Å². The van der Waals surface area contributed by atoms with Gasteiger partial charge in [-0.25, -0.2) is 15.0 Å². The van der Waals surface area contributed by atoms with Crippen LogP contribution < -0.4 is 4.90 Å². The highest BCUT2D eigenvalue weighted by molar-refractivity contribution is 7.99. The molecule has 0 amide bonds. The summed E-state index contributed by atoms with van der Waals surface area (Å²) in [6, 6.07) is 6.92. The minimum Gasteiger partial charge on any atom is -0.338 e. The molecule has 1 aliphatic heterocycles. The molecule has 1 aliphatic rings. The molecule has 3 aromatic rings. The summed E-state index contributed by atoms with van der Waals surface area (Å²) in [5.74, 6) is 4.37. The summed E-state index contributed by atoms with van der Waals surface area (Å²) in [5.41, 5.74) is 4.28. The average Bonchev–Trinajstić information content (AvgIpc) is 3.15. The van der Waals surface area contributed by atoms with Gasteiger partial charge in [-0.2, -0.15) is 0 Å². The van der Waals surface area contributed by atoms with Crippen LogP contribution in [0.1, 0.15) is 18.5 Å². The van der Waals surface area contributed by atoms with E-state index in [1.807, 2.05) is 5.51 Å². The van der Waals surface area contributed by atoms with E-state index in [2.05, 4.69) is 55.7 Å². The van der Waals surface area contributed by atoms with Crippen LogP contribution >= 0.6 is 11.3 Å². The van der Waals surface area contributed by atoms with E-state index in [-0.39, 0.29) is 0 Å². The predicted molar refractivity (Wildman–Crippen MR) is 113 cm³/mol. The van der Waals surface area contributed by atoms with Crippen LogP contribution in [0, 0.1) is 0 Å². The number of rotatable bonds is 4. The topological polar surface area (TPSA) is 62.2 Å². The Hall–Kier alpha value is -2.03. The van der Waals surface area contributed by atoms with Crippen LogP contribution in [0.15, 0.2) is 41.0 Å². The monoisotopic (exact) mass is 401 g/mol. The molecule has 142 valence electrons. The van der Waals surface area contributed by atoms with Crippen molar-refractivity contribution in [2.75, 3.05) is 37.3 Å². The second-order valence-corrected chi connectivity index (χ2v) is 10.4. The normalized spacial score (nSPS) is 19.1. The van der Waals surface area contributed by atoms with Gasteiger partial charge < -0.3 is 4.90 Å². The van der Waals surface area contributed by atoms with Crippen LogP contribution in [0.5, 0.6) is 0 Å². The number of hydrogen-bond donors (Lipinski definition) is 0. The summed E-state index contributed by atoms with van der Waals surface area (Å²) in [6.45, 7) is 5.88. The zero-order valence-electron chi connectivity index (χ0n) is 15.5. The first kappa shape index (κ1) is 18.3. The largest absolute Gasteiger partial charge is 0.338 e. The molecule has 27 heavy (non-hydrogen) atoms. The highest BCUT2D eigenvalue weighted by atomic mass is 32.2. The maximum Gasteiger partial charge on any atom is 0.225 e. The van der Waals surface area contributed by atoms with Gasteiger partial charge in [0.05, 0.1) is 20.6 Å². The van der Waals surface area contributed by atoms with Crippen LogP contribution in [0.4, 0.5) is 5.95 Å². The molecule has 1 fully saturated rings. The maximum absolute atomic E-state index is 12.0. The maximum atomic E-state index is 12.0. The van der Waals surface area contributed by atoms with E-state index >= 15 is 0 Å². The number of nitrogens with zero attached hydrogens (tertiary/aromatic N) is 5. The van der Waals surface area contributed by atoms with Crippen LogP contribution in [-0.2, 0) is 9.52 Å². The minimum absolute atomic E-state index is 0.345. The van der Waals surface area contributed by atoms with Crippen molar-refractivity contribution in [2.24, 2.45) is 0 Å².